The molecule has 0 aliphatic rings. The Labute approximate surface area is 154 Å². The van der Waals surface area contributed by atoms with Crippen LogP contribution < -0.4 is 5.32 Å². The van der Waals surface area contributed by atoms with Gasteiger partial charge in [-0.1, -0.05) is 37.6 Å². The maximum Gasteiger partial charge on any atom is 0.416 e. The van der Waals surface area contributed by atoms with Gasteiger partial charge in [0.25, 0.3) is 5.91 Å². The molecule has 1 aromatic heterocycles. The van der Waals surface area contributed by atoms with Crippen LogP contribution in [0.25, 0.3) is 5.69 Å². The number of halogens is 3. The molecule has 140 valence electrons. The first-order valence-corrected chi connectivity index (χ1v) is 8.51. The van der Waals surface area contributed by atoms with E-state index in [1.807, 2.05) is 37.3 Å². The van der Waals surface area contributed by atoms with Crippen molar-refractivity contribution in [3.8, 4) is 5.69 Å². The Kier molecular flexibility index (Phi) is 5.30. The molecule has 0 atom stereocenters. The van der Waals surface area contributed by atoms with Gasteiger partial charge in [0, 0.05) is 5.69 Å². The number of amides is 1. The zero-order chi connectivity index (χ0) is 19.4. The summed E-state index contributed by atoms with van der Waals surface area (Å²) in [6.07, 6.45) is -1.62. The lowest BCUT2D eigenvalue weighted by Gasteiger charge is -2.11. The highest BCUT2D eigenvalue weighted by molar-refractivity contribution is 6.05. The number of alkyl halides is 3. The van der Waals surface area contributed by atoms with E-state index in [1.165, 1.54) is 18.3 Å². The number of nitrogens with one attached hydrogen (secondary N) is 1. The minimum Gasteiger partial charge on any atom is -0.322 e. The molecule has 0 bridgehead atoms. The molecule has 3 aromatic rings. The van der Waals surface area contributed by atoms with Crippen molar-refractivity contribution >= 4 is 11.6 Å². The van der Waals surface area contributed by atoms with Crippen LogP contribution in [0.1, 0.15) is 35.0 Å². The van der Waals surface area contributed by atoms with Crippen LogP contribution in [0.4, 0.5) is 18.9 Å². The normalized spacial score (nSPS) is 11.4. The minimum absolute atomic E-state index is 0.0877. The predicted molar refractivity (Wildman–Crippen MR) is 97.0 cm³/mol. The second-order valence-corrected chi connectivity index (χ2v) is 6.03. The summed E-state index contributed by atoms with van der Waals surface area (Å²) in [5.74, 6) is -0.486. The lowest BCUT2D eigenvalue weighted by Crippen LogP contribution is -2.15. The quantitative estimate of drug-likeness (QED) is 0.677. The number of carbonyl (C=O) groups is 1. The van der Waals surface area contributed by atoms with Crippen LogP contribution in [0.3, 0.4) is 0 Å². The van der Waals surface area contributed by atoms with Gasteiger partial charge in [-0.2, -0.15) is 18.3 Å². The topological polar surface area (TPSA) is 46.9 Å². The molecule has 0 aliphatic heterocycles. The van der Waals surface area contributed by atoms with Crippen molar-refractivity contribution < 1.29 is 18.0 Å². The molecule has 2 aromatic carbocycles. The van der Waals surface area contributed by atoms with Crippen LogP contribution >= 0.6 is 0 Å². The molecule has 0 aliphatic carbocycles. The summed E-state index contributed by atoms with van der Waals surface area (Å²) >= 11 is 0. The smallest absolute Gasteiger partial charge is 0.322 e. The molecular weight excluding hydrogens is 355 g/mol. The van der Waals surface area contributed by atoms with Crippen LogP contribution in [0, 0.1) is 0 Å². The Hall–Kier alpha value is -3.09. The minimum atomic E-state index is -4.47. The summed E-state index contributed by atoms with van der Waals surface area (Å²) in [5.41, 5.74) is 1.16. The van der Waals surface area contributed by atoms with Gasteiger partial charge in [0.05, 0.1) is 28.7 Å². The van der Waals surface area contributed by atoms with E-state index in [-0.39, 0.29) is 5.69 Å². The van der Waals surface area contributed by atoms with Gasteiger partial charge in [-0.05, 0) is 36.8 Å². The van der Waals surface area contributed by atoms with Gasteiger partial charge in [0.2, 0.25) is 0 Å². The highest BCUT2D eigenvalue weighted by atomic mass is 19.4. The monoisotopic (exact) mass is 373 g/mol. The van der Waals surface area contributed by atoms with Gasteiger partial charge in [0.15, 0.2) is 0 Å². The SMILES string of the molecule is CCCc1c(C(=O)Nc2cccc(C(F)(F)F)c2)cnn1-c1ccccc1. The molecule has 0 spiro atoms. The fourth-order valence-electron chi connectivity index (χ4n) is 2.80. The number of hydrogen-bond donors (Lipinski definition) is 1. The lowest BCUT2D eigenvalue weighted by atomic mass is 10.1. The summed E-state index contributed by atoms with van der Waals surface area (Å²) in [7, 11) is 0. The molecule has 1 heterocycles. The van der Waals surface area contributed by atoms with E-state index in [0.717, 1.165) is 24.2 Å². The zero-order valence-electron chi connectivity index (χ0n) is 14.6. The molecule has 7 heteroatoms. The summed E-state index contributed by atoms with van der Waals surface area (Å²) < 4.78 is 40.3. The van der Waals surface area contributed by atoms with E-state index >= 15 is 0 Å². The molecular formula is C20H18F3N3O. The Bertz CT molecular complexity index is 933. The summed E-state index contributed by atoms with van der Waals surface area (Å²) in [6, 6.07) is 13.9. The van der Waals surface area contributed by atoms with Crippen LogP contribution in [0.2, 0.25) is 0 Å². The average molecular weight is 373 g/mol. The van der Waals surface area contributed by atoms with Gasteiger partial charge < -0.3 is 5.32 Å². The number of para-hydroxylation sites is 1. The van der Waals surface area contributed by atoms with E-state index in [4.69, 9.17) is 0 Å². The first kappa shape index (κ1) is 18.7. The van der Waals surface area contributed by atoms with E-state index < -0.39 is 17.6 Å². The fraction of sp³-hybridized carbons (Fsp3) is 0.200. The van der Waals surface area contributed by atoms with E-state index in [0.29, 0.717) is 17.7 Å². The third-order valence-electron chi connectivity index (χ3n) is 4.05. The van der Waals surface area contributed by atoms with Crippen LogP contribution in [-0.4, -0.2) is 15.7 Å². The molecule has 1 N–H and O–H groups in total. The van der Waals surface area contributed by atoms with E-state index in [2.05, 4.69) is 10.4 Å². The van der Waals surface area contributed by atoms with Gasteiger partial charge in [0.1, 0.15) is 0 Å². The standard InChI is InChI=1S/C20H18F3N3O/c1-2-7-18-17(13-24-26(18)16-10-4-3-5-11-16)19(27)25-15-9-6-8-14(12-15)20(21,22)23/h3-6,8-13H,2,7H2,1H3,(H,25,27). The number of nitrogens with zero attached hydrogens (tertiary/aromatic N) is 2. The second-order valence-electron chi connectivity index (χ2n) is 6.03. The first-order chi connectivity index (χ1) is 12.9. The van der Waals surface area contributed by atoms with Crippen molar-refractivity contribution in [2.75, 3.05) is 5.32 Å². The van der Waals surface area contributed by atoms with Gasteiger partial charge in [-0.25, -0.2) is 4.68 Å². The van der Waals surface area contributed by atoms with Crippen molar-refractivity contribution in [2.45, 2.75) is 25.9 Å². The zero-order valence-corrected chi connectivity index (χ0v) is 14.6. The van der Waals surface area contributed by atoms with E-state index in [9.17, 15) is 18.0 Å². The lowest BCUT2D eigenvalue weighted by molar-refractivity contribution is -0.137. The maximum atomic E-state index is 12.9. The third-order valence-corrected chi connectivity index (χ3v) is 4.05. The molecule has 0 fully saturated rings. The van der Waals surface area contributed by atoms with Gasteiger partial charge in [-0.15, -0.1) is 0 Å². The molecule has 0 unspecified atom stereocenters. The molecule has 4 nitrogen and oxygen atoms in total. The summed E-state index contributed by atoms with van der Waals surface area (Å²) in [4.78, 5) is 12.7. The first-order valence-electron chi connectivity index (χ1n) is 8.51. The van der Waals surface area contributed by atoms with Crippen LogP contribution in [0.15, 0.2) is 60.8 Å². The summed E-state index contributed by atoms with van der Waals surface area (Å²) in [5, 5.41) is 6.84. The highest BCUT2D eigenvalue weighted by Gasteiger charge is 2.30. The number of rotatable bonds is 5. The Morgan fingerprint density at radius 1 is 1.11 bits per heavy atom. The molecule has 0 radical (unpaired) electrons. The number of anilines is 1. The van der Waals surface area contributed by atoms with Crippen LogP contribution in [0.5, 0.6) is 0 Å². The number of benzene rings is 2. The highest BCUT2D eigenvalue weighted by Crippen LogP contribution is 2.30. The Balaban J connectivity index is 1.90. The second kappa shape index (κ2) is 7.65. The molecule has 0 saturated carbocycles. The van der Waals surface area contributed by atoms with Gasteiger partial charge in [-0.3, -0.25) is 4.79 Å². The van der Waals surface area contributed by atoms with Crippen LogP contribution in [-0.2, 0) is 12.6 Å². The number of aromatic nitrogens is 2. The van der Waals surface area contributed by atoms with Crippen molar-refractivity contribution in [3.63, 3.8) is 0 Å². The van der Waals surface area contributed by atoms with Gasteiger partial charge >= 0.3 is 6.18 Å². The van der Waals surface area contributed by atoms with Crippen molar-refractivity contribution in [2.24, 2.45) is 0 Å². The molecule has 0 saturated heterocycles. The Morgan fingerprint density at radius 2 is 1.85 bits per heavy atom. The Morgan fingerprint density at radius 3 is 2.52 bits per heavy atom. The third kappa shape index (κ3) is 4.19. The van der Waals surface area contributed by atoms with E-state index in [1.54, 1.807) is 4.68 Å². The fourth-order valence-corrected chi connectivity index (χ4v) is 2.80. The average Bonchev–Trinajstić information content (AvgIpc) is 3.06. The molecule has 3 rings (SSSR count). The number of carbonyl (C=O) groups excluding carboxylic acids is 1. The molecule has 1 amide bonds. The predicted octanol–water partition coefficient (Wildman–Crippen LogP) is 5.10. The van der Waals surface area contributed by atoms with Crippen molar-refractivity contribution in [1.29, 1.82) is 0 Å². The molecule has 27 heavy (non-hydrogen) atoms. The largest absolute Gasteiger partial charge is 0.416 e. The summed E-state index contributed by atoms with van der Waals surface area (Å²) in [6.45, 7) is 1.98. The number of hydrogen-bond acceptors (Lipinski definition) is 2. The maximum absolute atomic E-state index is 12.9. The van der Waals surface area contributed by atoms with Crippen molar-refractivity contribution in [1.82, 2.24) is 9.78 Å². The van der Waals surface area contributed by atoms with Crippen molar-refractivity contribution in [3.05, 3.63) is 77.6 Å².